The predicted octanol–water partition coefficient (Wildman–Crippen LogP) is 4.17. The van der Waals surface area contributed by atoms with Crippen molar-refractivity contribution >= 4 is 22.6 Å². The number of hydrogen-bond acceptors (Lipinski definition) is 4. The Hall–Kier alpha value is -2.24. The first-order chi connectivity index (χ1) is 12.1. The van der Waals surface area contributed by atoms with Gasteiger partial charge in [0.2, 0.25) is 0 Å². The molecule has 0 aliphatic heterocycles. The zero-order valence-corrected chi connectivity index (χ0v) is 15.4. The predicted molar refractivity (Wildman–Crippen MR) is 101 cm³/mol. The van der Waals surface area contributed by atoms with Crippen LogP contribution in [-0.2, 0) is 6.54 Å². The van der Waals surface area contributed by atoms with Gasteiger partial charge >= 0.3 is 0 Å². The van der Waals surface area contributed by atoms with Crippen LogP contribution >= 0.6 is 11.6 Å². The average Bonchev–Trinajstić information content (AvgIpc) is 2.99. The molecule has 132 valence electrons. The summed E-state index contributed by atoms with van der Waals surface area (Å²) in [5, 5.41) is 0.719. The number of benzene rings is 2. The minimum Gasteiger partial charge on any atom is -0.493 e. The third-order valence-corrected chi connectivity index (χ3v) is 4.56. The van der Waals surface area contributed by atoms with E-state index in [-0.39, 0.29) is 6.04 Å². The molecule has 0 spiro atoms. The van der Waals surface area contributed by atoms with Crippen LogP contribution in [0.1, 0.15) is 30.8 Å². The lowest BCUT2D eigenvalue weighted by Gasteiger charge is -2.14. The van der Waals surface area contributed by atoms with Gasteiger partial charge in [-0.2, -0.15) is 0 Å². The number of fused-ring (bicyclic) bond motifs is 1. The molecule has 0 fully saturated rings. The summed E-state index contributed by atoms with van der Waals surface area (Å²) in [7, 11) is 3.25. The highest BCUT2D eigenvalue weighted by Crippen LogP contribution is 2.34. The average molecular weight is 360 g/mol. The lowest BCUT2D eigenvalue weighted by atomic mass is 10.2. The van der Waals surface area contributed by atoms with Crippen molar-refractivity contribution in [2.75, 3.05) is 14.2 Å². The van der Waals surface area contributed by atoms with Crippen molar-refractivity contribution in [1.29, 1.82) is 0 Å². The number of aromatic nitrogens is 2. The fourth-order valence-corrected chi connectivity index (χ4v) is 3.00. The van der Waals surface area contributed by atoms with Gasteiger partial charge in [0.15, 0.2) is 11.5 Å². The molecule has 0 saturated heterocycles. The van der Waals surface area contributed by atoms with Gasteiger partial charge in [-0.15, -0.1) is 0 Å². The summed E-state index contributed by atoms with van der Waals surface area (Å²) in [5.41, 5.74) is 9.24. The van der Waals surface area contributed by atoms with Crippen molar-refractivity contribution in [1.82, 2.24) is 9.55 Å². The maximum Gasteiger partial charge on any atom is 0.163 e. The van der Waals surface area contributed by atoms with Crippen molar-refractivity contribution in [3.05, 3.63) is 52.8 Å². The molecule has 0 aliphatic rings. The van der Waals surface area contributed by atoms with E-state index in [1.807, 2.05) is 36.4 Å². The summed E-state index contributed by atoms with van der Waals surface area (Å²) in [4.78, 5) is 4.76. The van der Waals surface area contributed by atoms with Gasteiger partial charge in [-0.05, 0) is 24.1 Å². The molecule has 1 unspecified atom stereocenters. The Morgan fingerprint density at radius 3 is 2.36 bits per heavy atom. The van der Waals surface area contributed by atoms with E-state index in [9.17, 15) is 0 Å². The Kier molecular flexibility index (Phi) is 5.16. The van der Waals surface area contributed by atoms with Crippen molar-refractivity contribution in [3.8, 4) is 11.5 Å². The third-order valence-electron chi connectivity index (χ3n) is 4.31. The van der Waals surface area contributed by atoms with E-state index in [2.05, 4.69) is 11.5 Å². The van der Waals surface area contributed by atoms with E-state index in [1.54, 1.807) is 14.2 Å². The number of imidazole rings is 1. The van der Waals surface area contributed by atoms with E-state index in [1.165, 1.54) is 0 Å². The summed E-state index contributed by atoms with van der Waals surface area (Å²) < 4.78 is 13.0. The van der Waals surface area contributed by atoms with Crippen molar-refractivity contribution in [2.24, 2.45) is 5.73 Å². The van der Waals surface area contributed by atoms with Gasteiger partial charge < -0.3 is 19.8 Å². The molecule has 6 heteroatoms. The van der Waals surface area contributed by atoms with Crippen LogP contribution in [0.4, 0.5) is 0 Å². The van der Waals surface area contributed by atoms with Crippen LogP contribution in [0.3, 0.4) is 0 Å². The highest BCUT2D eigenvalue weighted by Gasteiger charge is 2.18. The van der Waals surface area contributed by atoms with Crippen LogP contribution in [0.2, 0.25) is 5.02 Å². The first-order valence-corrected chi connectivity index (χ1v) is 8.57. The van der Waals surface area contributed by atoms with Crippen molar-refractivity contribution < 1.29 is 9.47 Å². The lowest BCUT2D eigenvalue weighted by molar-refractivity contribution is 0.355. The van der Waals surface area contributed by atoms with E-state index in [0.717, 1.165) is 33.9 Å². The lowest BCUT2D eigenvalue weighted by Crippen LogP contribution is -2.16. The molecule has 0 saturated carbocycles. The second-order valence-corrected chi connectivity index (χ2v) is 6.33. The van der Waals surface area contributed by atoms with Gasteiger partial charge in [-0.25, -0.2) is 4.98 Å². The molecule has 25 heavy (non-hydrogen) atoms. The van der Waals surface area contributed by atoms with Crippen LogP contribution < -0.4 is 15.2 Å². The van der Waals surface area contributed by atoms with Crippen molar-refractivity contribution in [3.63, 3.8) is 0 Å². The molecule has 0 radical (unpaired) electrons. The highest BCUT2D eigenvalue weighted by molar-refractivity contribution is 6.30. The van der Waals surface area contributed by atoms with Gasteiger partial charge in [-0.1, -0.05) is 30.7 Å². The monoisotopic (exact) mass is 359 g/mol. The number of rotatable bonds is 6. The van der Waals surface area contributed by atoms with Gasteiger partial charge in [-0.3, -0.25) is 0 Å². The Bertz CT molecular complexity index is 875. The molecule has 0 bridgehead atoms. The fourth-order valence-electron chi connectivity index (χ4n) is 2.87. The number of methoxy groups -OCH3 is 2. The molecule has 3 rings (SSSR count). The second kappa shape index (κ2) is 7.33. The summed E-state index contributed by atoms with van der Waals surface area (Å²) in [6.45, 7) is 2.71. The van der Waals surface area contributed by atoms with Crippen LogP contribution in [0.5, 0.6) is 11.5 Å². The molecule has 1 aromatic heterocycles. The summed E-state index contributed by atoms with van der Waals surface area (Å²) >= 11 is 6.00. The molecule has 1 heterocycles. The van der Waals surface area contributed by atoms with Gasteiger partial charge in [0.1, 0.15) is 5.82 Å². The number of hydrogen-bond donors (Lipinski definition) is 1. The Labute approximate surface area is 152 Å². The number of nitrogens with zero attached hydrogens (tertiary/aromatic N) is 2. The SMILES string of the molecule is CCC(N)c1nc2cc(OC)c(OC)cc2n1Cc1ccc(Cl)cc1. The van der Waals surface area contributed by atoms with E-state index in [0.29, 0.717) is 18.0 Å². The molecule has 0 aliphatic carbocycles. The molecule has 1 atom stereocenters. The highest BCUT2D eigenvalue weighted by atomic mass is 35.5. The van der Waals surface area contributed by atoms with Gasteiger partial charge in [0.25, 0.3) is 0 Å². The maximum absolute atomic E-state index is 6.31. The van der Waals surface area contributed by atoms with Crippen LogP contribution in [0.15, 0.2) is 36.4 Å². The van der Waals surface area contributed by atoms with E-state index in [4.69, 9.17) is 31.8 Å². The minimum absolute atomic E-state index is 0.142. The smallest absolute Gasteiger partial charge is 0.163 e. The van der Waals surface area contributed by atoms with Crippen LogP contribution in [0.25, 0.3) is 11.0 Å². The molecule has 2 aromatic carbocycles. The van der Waals surface area contributed by atoms with Crippen LogP contribution in [-0.4, -0.2) is 23.8 Å². The zero-order chi connectivity index (χ0) is 18.0. The first-order valence-electron chi connectivity index (χ1n) is 8.19. The Morgan fingerprint density at radius 1 is 1.12 bits per heavy atom. The largest absolute Gasteiger partial charge is 0.493 e. The van der Waals surface area contributed by atoms with Gasteiger partial charge in [0.05, 0.1) is 31.3 Å². The topological polar surface area (TPSA) is 62.3 Å². The normalized spacial score (nSPS) is 12.4. The number of ether oxygens (including phenoxy) is 2. The zero-order valence-electron chi connectivity index (χ0n) is 14.6. The minimum atomic E-state index is -0.142. The summed E-state index contributed by atoms with van der Waals surface area (Å²) in [6, 6.07) is 11.5. The van der Waals surface area contributed by atoms with E-state index >= 15 is 0 Å². The molecule has 2 N–H and O–H groups in total. The first kappa shape index (κ1) is 17.6. The summed E-state index contributed by atoms with van der Waals surface area (Å²) in [6.07, 6.45) is 0.804. The van der Waals surface area contributed by atoms with E-state index < -0.39 is 0 Å². The van der Waals surface area contributed by atoms with Gasteiger partial charge in [0, 0.05) is 23.7 Å². The van der Waals surface area contributed by atoms with Crippen molar-refractivity contribution in [2.45, 2.75) is 25.9 Å². The molecular weight excluding hydrogens is 338 g/mol. The molecule has 3 aromatic rings. The number of nitrogens with two attached hydrogens (primary N) is 1. The van der Waals surface area contributed by atoms with Crippen LogP contribution in [0, 0.1) is 0 Å². The standard InChI is InChI=1S/C19H22ClN3O2/c1-4-14(21)19-22-15-9-17(24-2)18(25-3)10-16(15)23(19)11-12-5-7-13(20)8-6-12/h5-10,14H,4,11,21H2,1-3H3. The summed E-state index contributed by atoms with van der Waals surface area (Å²) in [5.74, 6) is 2.18. The second-order valence-electron chi connectivity index (χ2n) is 5.89. The fraction of sp³-hybridized carbons (Fsp3) is 0.316. The third kappa shape index (κ3) is 3.43. The molecule has 5 nitrogen and oxygen atoms in total. The maximum atomic E-state index is 6.31. The number of halogens is 1. The quantitative estimate of drug-likeness (QED) is 0.717. The Balaban J connectivity index is 2.16. The molecular formula is C19H22ClN3O2. The Morgan fingerprint density at radius 2 is 1.76 bits per heavy atom. The molecule has 0 amide bonds.